The molecule has 0 unspecified atom stereocenters. The fourth-order valence-corrected chi connectivity index (χ4v) is 7.08. The Morgan fingerprint density at radius 3 is 2.29 bits per heavy atom. The second-order valence-electron chi connectivity index (χ2n) is 15.3. The van der Waals surface area contributed by atoms with Gasteiger partial charge in [0.15, 0.2) is 0 Å². The number of carboxylic acid groups (broad SMARTS) is 1. The van der Waals surface area contributed by atoms with Crippen LogP contribution in [-0.4, -0.2) is 92.7 Å². The van der Waals surface area contributed by atoms with Crippen molar-refractivity contribution in [3.63, 3.8) is 0 Å². The van der Waals surface area contributed by atoms with Crippen LogP contribution in [0.5, 0.6) is 0 Å². The number of ether oxygens (including phenoxy) is 1. The quantitative estimate of drug-likeness (QED) is 0.293. The van der Waals surface area contributed by atoms with Crippen molar-refractivity contribution in [3.8, 4) is 22.5 Å². The van der Waals surface area contributed by atoms with E-state index in [1.165, 1.54) is 4.90 Å². The van der Waals surface area contributed by atoms with Crippen LogP contribution >= 0.6 is 0 Å². The molecule has 3 amide bonds. The van der Waals surface area contributed by atoms with E-state index >= 15 is 0 Å². The standard InChI is InChI=1S/C39H49N7O6/c1-38(2,3)52-37(51)40-30-17-13-8-6-7-12-16-27-23-39(27,36(49)50)41-34(47)31-22-29(24-45(31)35(30)48)46-42-32(25-14-10-9-11-15-25)33(43-46)26-18-20-28(21-19-26)44(4)5/h9-12,14-16,18-21,27,29-31H,6-8,13,17,22-24H2,1-5H3,(H,40,51)(H,41,47)(H,49,50)/t27-,29-,30+,31+,39-/m1/s1. The van der Waals surface area contributed by atoms with Crippen LogP contribution in [0, 0.1) is 5.92 Å². The number of hydrogen-bond acceptors (Lipinski definition) is 8. The molecule has 0 bridgehead atoms. The molecule has 3 aliphatic rings. The fourth-order valence-electron chi connectivity index (χ4n) is 7.08. The fraction of sp³-hybridized carbons (Fsp3) is 0.487. The summed E-state index contributed by atoms with van der Waals surface area (Å²) in [7, 11) is 3.95. The lowest BCUT2D eigenvalue weighted by Gasteiger charge is -2.30. The number of rotatable bonds is 6. The number of aliphatic carboxylic acids is 1. The SMILES string of the molecule is CN(C)c1ccc(-c2nn([C@@H]3C[C@H]4C(=O)N[C@]5(C(=O)O)C[C@H]5C=CCCCCC[C@H](NC(=O)OC(C)(C)C)C(=O)N4C3)nc2-c2ccccc2)cc1. The van der Waals surface area contributed by atoms with Crippen molar-refractivity contribution in [3.05, 3.63) is 66.7 Å². The normalized spacial score (nSPS) is 25.2. The highest BCUT2D eigenvalue weighted by molar-refractivity contribution is 5.96. The number of amides is 3. The summed E-state index contributed by atoms with van der Waals surface area (Å²) < 4.78 is 5.52. The van der Waals surface area contributed by atoms with Crippen LogP contribution in [0.2, 0.25) is 0 Å². The predicted molar refractivity (Wildman–Crippen MR) is 196 cm³/mol. The van der Waals surface area contributed by atoms with Crippen LogP contribution in [0.4, 0.5) is 10.5 Å². The number of allylic oxidation sites excluding steroid dienone is 1. The number of carbonyl (C=O) groups is 4. The van der Waals surface area contributed by atoms with Crippen LogP contribution in [0.3, 0.4) is 0 Å². The number of nitrogens with one attached hydrogen (secondary N) is 2. The van der Waals surface area contributed by atoms with Gasteiger partial charge in [0.25, 0.3) is 0 Å². The maximum absolute atomic E-state index is 14.5. The van der Waals surface area contributed by atoms with E-state index in [1.807, 2.05) is 85.7 Å². The van der Waals surface area contributed by atoms with Crippen LogP contribution in [0.25, 0.3) is 22.5 Å². The Balaban J connectivity index is 1.37. The number of aromatic nitrogens is 3. The average Bonchev–Trinajstić information content (AvgIpc) is 3.40. The van der Waals surface area contributed by atoms with Crippen molar-refractivity contribution in [2.75, 3.05) is 25.5 Å². The van der Waals surface area contributed by atoms with Gasteiger partial charge in [-0.25, -0.2) is 9.59 Å². The molecule has 13 nitrogen and oxygen atoms in total. The highest BCUT2D eigenvalue weighted by Crippen LogP contribution is 2.45. The third-order valence-corrected chi connectivity index (χ3v) is 9.99. The van der Waals surface area contributed by atoms with Crippen molar-refractivity contribution < 1.29 is 29.0 Å². The monoisotopic (exact) mass is 711 g/mol. The van der Waals surface area contributed by atoms with Crippen LogP contribution in [0.15, 0.2) is 66.7 Å². The largest absolute Gasteiger partial charge is 0.479 e. The van der Waals surface area contributed by atoms with Crippen LogP contribution in [-0.2, 0) is 19.1 Å². The molecular weight excluding hydrogens is 662 g/mol. The summed E-state index contributed by atoms with van der Waals surface area (Å²) in [5, 5.41) is 25.8. The van der Waals surface area contributed by atoms with Gasteiger partial charge in [0, 0.05) is 49.8 Å². The molecule has 276 valence electrons. The molecule has 13 heteroatoms. The third-order valence-electron chi connectivity index (χ3n) is 9.99. The van der Waals surface area contributed by atoms with Crippen molar-refractivity contribution in [1.82, 2.24) is 30.5 Å². The Morgan fingerprint density at radius 2 is 1.65 bits per heavy atom. The number of alkyl carbamates (subject to hydrolysis) is 1. The van der Waals surface area contributed by atoms with Crippen molar-refractivity contribution in [1.29, 1.82) is 0 Å². The van der Waals surface area contributed by atoms with E-state index in [0.717, 1.165) is 36.1 Å². The molecule has 3 heterocycles. The average molecular weight is 712 g/mol. The maximum Gasteiger partial charge on any atom is 0.408 e. The molecule has 0 radical (unpaired) electrons. The predicted octanol–water partition coefficient (Wildman–Crippen LogP) is 5.19. The molecule has 2 aliphatic heterocycles. The van der Waals surface area contributed by atoms with Crippen LogP contribution in [0.1, 0.15) is 71.8 Å². The number of nitrogens with zero attached hydrogens (tertiary/aromatic N) is 5. The second-order valence-corrected chi connectivity index (χ2v) is 15.3. The Labute approximate surface area is 304 Å². The Kier molecular flexibility index (Phi) is 10.4. The number of anilines is 1. The van der Waals surface area contributed by atoms with E-state index in [0.29, 0.717) is 24.2 Å². The summed E-state index contributed by atoms with van der Waals surface area (Å²) in [4.78, 5) is 59.2. The van der Waals surface area contributed by atoms with Crippen molar-refractivity contribution in [2.45, 2.75) is 95.0 Å². The van der Waals surface area contributed by atoms with Gasteiger partial charge in [-0.2, -0.15) is 15.0 Å². The molecule has 1 aliphatic carbocycles. The Morgan fingerprint density at radius 1 is 0.981 bits per heavy atom. The van der Waals surface area contributed by atoms with E-state index in [9.17, 15) is 24.3 Å². The molecule has 1 saturated heterocycles. The van der Waals surface area contributed by atoms with E-state index in [-0.39, 0.29) is 25.3 Å². The van der Waals surface area contributed by atoms with E-state index in [1.54, 1.807) is 25.6 Å². The van der Waals surface area contributed by atoms with Crippen molar-refractivity contribution in [2.24, 2.45) is 5.92 Å². The molecule has 5 atom stereocenters. The first-order valence-electron chi connectivity index (χ1n) is 18.1. The van der Waals surface area contributed by atoms with Crippen molar-refractivity contribution >= 4 is 29.6 Å². The molecule has 2 aromatic carbocycles. The molecule has 52 heavy (non-hydrogen) atoms. The second kappa shape index (κ2) is 14.8. The highest BCUT2D eigenvalue weighted by atomic mass is 16.6. The molecule has 1 aromatic heterocycles. The summed E-state index contributed by atoms with van der Waals surface area (Å²) in [6, 6.07) is 15.2. The first-order chi connectivity index (χ1) is 24.8. The van der Waals surface area contributed by atoms with Gasteiger partial charge in [-0.05, 0) is 58.6 Å². The minimum absolute atomic E-state index is 0.0781. The Hall–Kier alpha value is -5.20. The van der Waals surface area contributed by atoms with Gasteiger partial charge in [0.2, 0.25) is 11.8 Å². The number of carbonyl (C=O) groups excluding carboxylic acids is 3. The number of hydrogen-bond donors (Lipinski definition) is 3. The summed E-state index contributed by atoms with van der Waals surface area (Å²) in [5.41, 5.74) is 1.84. The van der Waals surface area contributed by atoms with Gasteiger partial charge in [-0.15, -0.1) is 0 Å². The van der Waals surface area contributed by atoms with Gasteiger partial charge in [-0.1, -0.05) is 67.5 Å². The van der Waals surface area contributed by atoms with Gasteiger partial charge in [-0.3, -0.25) is 9.59 Å². The van der Waals surface area contributed by atoms with E-state index in [2.05, 4.69) is 10.6 Å². The number of fused-ring (bicyclic) bond motifs is 2. The molecular formula is C39H49N7O6. The van der Waals surface area contributed by atoms with Gasteiger partial charge in [0.1, 0.15) is 34.6 Å². The third kappa shape index (κ3) is 7.98. The summed E-state index contributed by atoms with van der Waals surface area (Å²) in [5.74, 6) is -2.45. The Bertz CT molecular complexity index is 1820. The summed E-state index contributed by atoms with van der Waals surface area (Å²) in [6.07, 6.45) is 6.96. The first kappa shape index (κ1) is 36.6. The molecule has 3 aromatic rings. The molecule has 0 spiro atoms. The zero-order valence-electron chi connectivity index (χ0n) is 30.5. The lowest BCUT2D eigenvalue weighted by atomic mass is 10.0. The lowest BCUT2D eigenvalue weighted by molar-refractivity contribution is -0.145. The summed E-state index contributed by atoms with van der Waals surface area (Å²) >= 11 is 0. The number of benzene rings is 2. The van der Waals surface area contributed by atoms with E-state index in [4.69, 9.17) is 14.9 Å². The lowest BCUT2D eigenvalue weighted by Crippen LogP contribution is -2.56. The van der Waals surface area contributed by atoms with E-state index < -0.39 is 53.1 Å². The minimum atomic E-state index is -1.44. The first-order valence-corrected chi connectivity index (χ1v) is 18.1. The molecule has 3 N–H and O–H groups in total. The zero-order valence-corrected chi connectivity index (χ0v) is 30.5. The summed E-state index contributed by atoms with van der Waals surface area (Å²) in [6.45, 7) is 5.32. The van der Waals surface area contributed by atoms with Crippen LogP contribution < -0.4 is 15.5 Å². The topological polar surface area (TPSA) is 159 Å². The molecule has 2 fully saturated rings. The highest BCUT2D eigenvalue weighted by Gasteiger charge is 2.61. The van der Waals surface area contributed by atoms with Gasteiger partial charge < -0.3 is 30.3 Å². The minimum Gasteiger partial charge on any atom is -0.479 e. The zero-order chi connectivity index (χ0) is 37.2. The maximum atomic E-state index is 14.5. The number of carboxylic acids is 1. The molecule has 1 saturated carbocycles. The molecule has 6 rings (SSSR count). The van der Waals surface area contributed by atoms with Gasteiger partial charge >= 0.3 is 12.1 Å². The van der Waals surface area contributed by atoms with Gasteiger partial charge in [0.05, 0.1) is 6.04 Å². The smallest absolute Gasteiger partial charge is 0.408 e.